The molecule has 0 bridgehead atoms. The summed E-state index contributed by atoms with van der Waals surface area (Å²) < 4.78 is 0. The van der Waals surface area contributed by atoms with Crippen LogP contribution in [-0.4, -0.2) is 27.4 Å². The lowest BCUT2D eigenvalue weighted by atomic mass is 9.98. The molecule has 0 fully saturated rings. The maximum Gasteiger partial charge on any atom is 0.251 e. The van der Waals surface area contributed by atoms with Gasteiger partial charge in [0.1, 0.15) is 0 Å². The second kappa shape index (κ2) is 9.83. The molecular formula is C19H25N3O2S2. The minimum atomic E-state index is -0.185. The highest BCUT2D eigenvalue weighted by atomic mass is 32.2. The number of carbonyl (C=O) groups is 1. The molecule has 0 saturated heterocycles. The molecule has 1 aromatic carbocycles. The zero-order valence-corrected chi connectivity index (χ0v) is 17.2. The highest BCUT2D eigenvalue weighted by Gasteiger charge is 2.13. The lowest BCUT2D eigenvalue weighted by Crippen LogP contribution is -2.17. The molecule has 0 saturated carbocycles. The Morgan fingerprint density at radius 2 is 2.12 bits per heavy atom. The number of nitrogens with one attached hydrogen (secondary N) is 2. The molecule has 0 spiro atoms. The number of hydrogen-bond donors (Lipinski definition) is 2. The van der Waals surface area contributed by atoms with Gasteiger partial charge in [0.05, 0.1) is 11.4 Å². The molecule has 1 amide bonds. The van der Waals surface area contributed by atoms with Crippen molar-refractivity contribution < 1.29 is 4.79 Å². The normalized spacial score (nSPS) is 11.0. The first kappa shape index (κ1) is 20.6. The second-order valence-corrected chi connectivity index (χ2v) is 8.45. The number of hydrogen-bond acceptors (Lipinski definition) is 5. The number of aromatic nitrogens is 2. The van der Waals surface area contributed by atoms with Crippen molar-refractivity contribution >= 4 is 35.1 Å². The summed E-state index contributed by atoms with van der Waals surface area (Å²) in [5.74, 6) is 2.07. The van der Waals surface area contributed by atoms with Crippen molar-refractivity contribution in [2.75, 3.05) is 16.8 Å². The van der Waals surface area contributed by atoms with E-state index in [2.05, 4.69) is 36.1 Å². The predicted molar refractivity (Wildman–Crippen MR) is 111 cm³/mol. The van der Waals surface area contributed by atoms with Crippen LogP contribution in [0.2, 0.25) is 0 Å². The summed E-state index contributed by atoms with van der Waals surface area (Å²) in [5.41, 5.74) is 3.59. The average Bonchev–Trinajstić information content (AvgIpc) is 2.59. The fourth-order valence-corrected chi connectivity index (χ4v) is 3.74. The van der Waals surface area contributed by atoms with Crippen LogP contribution >= 0.6 is 23.5 Å². The predicted octanol–water partition coefficient (Wildman–Crippen LogP) is 4.19. The lowest BCUT2D eigenvalue weighted by molar-refractivity contribution is -0.113. The molecule has 7 heteroatoms. The average molecular weight is 392 g/mol. The van der Waals surface area contributed by atoms with Gasteiger partial charge in [0, 0.05) is 17.5 Å². The van der Waals surface area contributed by atoms with Gasteiger partial charge in [-0.25, -0.2) is 4.98 Å². The summed E-state index contributed by atoms with van der Waals surface area (Å²) in [6.07, 6.45) is 0. The van der Waals surface area contributed by atoms with E-state index in [1.165, 1.54) is 17.8 Å². The molecule has 0 aliphatic heterocycles. The van der Waals surface area contributed by atoms with Crippen LogP contribution in [0.4, 0.5) is 5.69 Å². The SMILES string of the molecule is CCSCc1cc(=O)[nH]c(SCC(=O)Nc2c(C)cccc2C(C)C)n1. The number of H-pyrrole nitrogens is 1. The Kier molecular flexibility index (Phi) is 7.78. The van der Waals surface area contributed by atoms with Gasteiger partial charge in [-0.1, -0.05) is 50.7 Å². The maximum atomic E-state index is 12.4. The highest BCUT2D eigenvalue weighted by molar-refractivity contribution is 7.99. The largest absolute Gasteiger partial charge is 0.325 e. The van der Waals surface area contributed by atoms with Gasteiger partial charge in [-0.3, -0.25) is 9.59 Å². The van der Waals surface area contributed by atoms with Crippen molar-refractivity contribution in [2.24, 2.45) is 0 Å². The summed E-state index contributed by atoms with van der Waals surface area (Å²) in [6, 6.07) is 7.54. The zero-order valence-electron chi connectivity index (χ0n) is 15.6. The van der Waals surface area contributed by atoms with E-state index in [-0.39, 0.29) is 17.2 Å². The molecule has 1 heterocycles. The molecule has 140 valence electrons. The molecule has 26 heavy (non-hydrogen) atoms. The van der Waals surface area contributed by atoms with Crippen LogP contribution in [0.25, 0.3) is 0 Å². The molecule has 0 aliphatic carbocycles. The number of nitrogens with zero attached hydrogens (tertiary/aromatic N) is 1. The molecule has 5 nitrogen and oxygen atoms in total. The Labute approximate surface area is 162 Å². The van der Waals surface area contributed by atoms with E-state index in [0.29, 0.717) is 16.8 Å². The Morgan fingerprint density at radius 3 is 2.81 bits per heavy atom. The topological polar surface area (TPSA) is 74.8 Å². The third kappa shape index (κ3) is 5.92. The van der Waals surface area contributed by atoms with Crippen LogP contribution in [0.15, 0.2) is 34.2 Å². The Morgan fingerprint density at radius 1 is 1.35 bits per heavy atom. The van der Waals surface area contributed by atoms with Crippen LogP contribution < -0.4 is 10.9 Å². The number of rotatable bonds is 8. The molecule has 2 N–H and O–H groups in total. The highest BCUT2D eigenvalue weighted by Crippen LogP contribution is 2.27. The van der Waals surface area contributed by atoms with E-state index in [4.69, 9.17) is 0 Å². The van der Waals surface area contributed by atoms with Gasteiger partial charge in [-0.05, 0) is 29.7 Å². The van der Waals surface area contributed by atoms with Gasteiger partial charge in [-0.2, -0.15) is 11.8 Å². The Balaban J connectivity index is 2.04. The Hall–Kier alpha value is -1.73. The number of thioether (sulfide) groups is 2. The quantitative estimate of drug-likeness (QED) is 0.521. The van der Waals surface area contributed by atoms with E-state index < -0.39 is 0 Å². The van der Waals surface area contributed by atoms with E-state index in [0.717, 1.165) is 28.3 Å². The molecule has 0 aliphatic rings. The van der Waals surface area contributed by atoms with Gasteiger partial charge >= 0.3 is 0 Å². The standard InChI is InChI=1S/C19H25N3O2S2/c1-5-25-10-14-9-16(23)22-19(20-14)26-11-17(24)21-18-13(4)7-6-8-15(18)12(2)3/h6-9,12H,5,10-11H2,1-4H3,(H,21,24)(H,20,22,23). The first-order valence-electron chi connectivity index (χ1n) is 8.60. The van der Waals surface area contributed by atoms with Crippen molar-refractivity contribution in [1.29, 1.82) is 0 Å². The third-order valence-corrected chi connectivity index (χ3v) is 5.54. The fourth-order valence-electron chi connectivity index (χ4n) is 2.48. The fraction of sp³-hybridized carbons (Fsp3) is 0.421. The van der Waals surface area contributed by atoms with Crippen molar-refractivity contribution in [3.8, 4) is 0 Å². The molecule has 2 aromatic rings. The number of aromatic amines is 1. The maximum absolute atomic E-state index is 12.4. The van der Waals surface area contributed by atoms with E-state index >= 15 is 0 Å². The van der Waals surface area contributed by atoms with Crippen LogP contribution in [0.5, 0.6) is 0 Å². The molecule has 2 rings (SSSR count). The Bertz CT molecular complexity index is 819. The summed E-state index contributed by atoms with van der Waals surface area (Å²) in [6.45, 7) is 8.26. The van der Waals surface area contributed by atoms with Crippen LogP contribution in [-0.2, 0) is 10.5 Å². The number of carbonyl (C=O) groups excluding carboxylic acids is 1. The minimum Gasteiger partial charge on any atom is -0.325 e. The molecule has 0 atom stereocenters. The van der Waals surface area contributed by atoms with E-state index in [9.17, 15) is 9.59 Å². The number of aryl methyl sites for hydroxylation is 1. The van der Waals surface area contributed by atoms with Gasteiger partial charge in [0.2, 0.25) is 5.91 Å². The third-order valence-electron chi connectivity index (χ3n) is 3.76. The van der Waals surface area contributed by atoms with Gasteiger partial charge in [0.25, 0.3) is 5.56 Å². The number of amides is 1. The minimum absolute atomic E-state index is 0.109. The van der Waals surface area contributed by atoms with Gasteiger partial charge < -0.3 is 10.3 Å². The summed E-state index contributed by atoms with van der Waals surface area (Å²) in [4.78, 5) is 31.3. The number of para-hydroxylation sites is 1. The first-order valence-corrected chi connectivity index (χ1v) is 10.7. The summed E-state index contributed by atoms with van der Waals surface area (Å²) in [5, 5.41) is 3.49. The van der Waals surface area contributed by atoms with Crippen LogP contribution in [0.1, 0.15) is 43.5 Å². The number of benzene rings is 1. The summed E-state index contributed by atoms with van der Waals surface area (Å²) in [7, 11) is 0. The molecule has 0 radical (unpaired) electrons. The number of anilines is 1. The summed E-state index contributed by atoms with van der Waals surface area (Å²) >= 11 is 2.95. The second-order valence-electron chi connectivity index (χ2n) is 6.21. The first-order chi connectivity index (χ1) is 12.4. The molecule has 1 aromatic heterocycles. The van der Waals surface area contributed by atoms with Crippen LogP contribution in [0, 0.1) is 6.92 Å². The molecule has 0 unspecified atom stereocenters. The van der Waals surface area contributed by atoms with Crippen molar-refractivity contribution in [2.45, 2.75) is 44.5 Å². The van der Waals surface area contributed by atoms with Crippen molar-refractivity contribution in [3.05, 3.63) is 51.4 Å². The van der Waals surface area contributed by atoms with Crippen molar-refractivity contribution in [1.82, 2.24) is 9.97 Å². The monoisotopic (exact) mass is 391 g/mol. The zero-order chi connectivity index (χ0) is 19.1. The smallest absolute Gasteiger partial charge is 0.251 e. The van der Waals surface area contributed by atoms with Gasteiger partial charge in [0.15, 0.2) is 5.16 Å². The van der Waals surface area contributed by atoms with Crippen molar-refractivity contribution in [3.63, 3.8) is 0 Å². The lowest BCUT2D eigenvalue weighted by Gasteiger charge is -2.16. The van der Waals surface area contributed by atoms with E-state index in [1.807, 2.05) is 25.1 Å². The van der Waals surface area contributed by atoms with E-state index in [1.54, 1.807) is 11.8 Å². The van der Waals surface area contributed by atoms with Crippen LogP contribution in [0.3, 0.4) is 0 Å². The van der Waals surface area contributed by atoms with Gasteiger partial charge in [-0.15, -0.1) is 0 Å². The molecular weight excluding hydrogens is 366 g/mol.